The fourth-order valence-electron chi connectivity index (χ4n) is 1.80. The van der Waals surface area contributed by atoms with Crippen LogP contribution in [0.5, 0.6) is 0 Å². The van der Waals surface area contributed by atoms with Crippen molar-refractivity contribution < 1.29 is 4.92 Å². The van der Waals surface area contributed by atoms with Gasteiger partial charge >= 0.3 is 0 Å². The fourth-order valence-corrected chi connectivity index (χ4v) is 3.02. The van der Waals surface area contributed by atoms with E-state index in [2.05, 4.69) is 29.4 Å². The van der Waals surface area contributed by atoms with Gasteiger partial charge in [-0.15, -0.1) is 10.2 Å². The molecule has 1 heterocycles. The molecule has 0 bridgehead atoms. The topological polar surface area (TPSA) is 81.0 Å². The van der Waals surface area contributed by atoms with Crippen LogP contribution in [0.4, 0.5) is 5.69 Å². The van der Waals surface area contributed by atoms with E-state index in [-0.39, 0.29) is 5.69 Å². The molecule has 0 saturated carbocycles. The number of hydrogen-bond donors (Lipinski definition) is 1. The molecule has 0 aliphatic carbocycles. The SMILES string of the molecule is CC(C)NCCc1nnc(-c2c(Cl)cccc2[N+](=O)[O-])s1. The first kappa shape index (κ1) is 15.8. The molecule has 0 radical (unpaired) electrons. The second kappa shape index (κ2) is 6.93. The van der Waals surface area contributed by atoms with E-state index in [1.807, 2.05) is 0 Å². The van der Waals surface area contributed by atoms with E-state index in [0.717, 1.165) is 18.0 Å². The van der Waals surface area contributed by atoms with E-state index in [4.69, 9.17) is 11.6 Å². The van der Waals surface area contributed by atoms with Gasteiger partial charge in [0.25, 0.3) is 5.69 Å². The zero-order valence-corrected chi connectivity index (χ0v) is 13.2. The van der Waals surface area contributed by atoms with E-state index in [1.165, 1.54) is 17.4 Å². The van der Waals surface area contributed by atoms with Gasteiger partial charge in [-0.2, -0.15) is 0 Å². The molecule has 0 amide bonds. The first-order valence-corrected chi connectivity index (χ1v) is 7.67. The second-order valence-electron chi connectivity index (χ2n) is 4.75. The van der Waals surface area contributed by atoms with Crippen molar-refractivity contribution in [1.29, 1.82) is 0 Å². The summed E-state index contributed by atoms with van der Waals surface area (Å²) in [6, 6.07) is 4.99. The van der Waals surface area contributed by atoms with Crippen LogP contribution in [0.15, 0.2) is 18.2 Å². The van der Waals surface area contributed by atoms with Crippen molar-refractivity contribution in [1.82, 2.24) is 15.5 Å². The Morgan fingerprint density at radius 1 is 1.43 bits per heavy atom. The number of nitro groups is 1. The number of rotatable bonds is 6. The standard InChI is InChI=1S/C13H15ClN4O2S/c1-8(2)15-7-6-11-16-17-13(21-11)12-9(14)4-3-5-10(12)18(19)20/h3-5,8,15H,6-7H2,1-2H3. The van der Waals surface area contributed by atoms with Gasteiger partial charge in [-0.1, -0.05) is 42.9 Å². The summed E-state index contributed by atoms with van der Waals surface area (Å²) in [7, 11) is 0. The maximum Gasteiger partial charge on any atom is 0.281 e. The summed E-state index contributed by atoms with van der Waals surface area (Å²) in [6.07, 6.45) is 0.730. The van der Waals surface area contributed by atoms with Gasteiger partial charge in [-0.05, 0) is 6.07 Å². The molecule has 0 fully saturated rings. The van der Waals surface area contributed by atoms with Gasteiger partial charge in [0.05, 0.1) is 9.95 Å². The first-order valence-electron chi connectivity index (χ1n) is 6.48. The summed E-state index contributed by atoms with van der Waals surface area (Å²) in [5.41, 5.74) is 0.287. The van der Waals surface area contributed by atoms with E-state index >= 15 is 0 Å². The number of hydrogen-bond acceptors (Lipinski definition) is 6. The molecule has 0 unspecified atom stereocenters. The molecule has 8 heteroatoms. The van der Waals surface area contributed by atoms with Crippen LogP contribution in [-0.2, 0) is 6.42 Å². The van der Waals surface area contributed by atoms with Gasteiger partial charge < -0.3 is 5.32 Å². The highest BCUT2D eigenvalue weighted by atomic mass is 35.5. The monoisotopic (exact) mass is 326 g/mol. The van der Waals surface area contributed by atoms with Crippen LogP contribution in [0.3, 0.4) is 0 Å². The zero-order chi connectivity index (χ0) is 15.4. The largest absolute Gasteiger partial charge is 0.314 e. The minimum atomic E-state index is -0.456. The van der Waals surface area contributed by atoms with Gasteiger partial charge in [0.2, 0.25) is 0 Å². The molecule has 2 aromatic rings. The minimum Gasteiger partial charge on any atom is -0.314 e. The van der Waals surface area contributed by atoms with E-state index < -0.39 is 4.92 Å². The summed E-state index contributed by atoms with van der Waals surface area (Å²) in [6.45, 7) is 4.92. The highest BCUT2D eigenvalue weighted by Crippen LogP contribution is 2.37. The maximum absolute atomic E-state index is 11.1. The molecule has 6 nitrogen and oxygen atoms in total. The predicted octanol–water partition coefficient (Wildman–Crippen LogP) is 3.31. The van der Waals surface area contributed by atoms with Crippen molar-refractivity contribution in [2.75, 3.05) is 6.54 Å². The molecular formula is C13H15ClN4O2S. The van der Waals surface area contributed by atoms with Crippen molar-refractivity contribution in [2.45, 2.75) is 26.3 Å². The number of nitrogens with one attached hydrogen (secondary N) is 1. The highest BCUT2D eigenvalue weighted by Gasteiger charge is 2.21. The van der Waals surface area contributed by atoms with Crippen molar-refractivity contribution in [3.63, 3.8) is 0 Å². The van der Waals surface area contributed by atoms with Gasteiger partial charge in [0, 0.05) is 25.1 Å². The summed E-state index contributed by atoms with van der Waals surface area (Å²) in [4.78, 5) is 10.6. The van der Waals surface area contributed by atoms with E-state index in [9.17, 15) is 10.1 Å². The number of nitro benzene ring substituents is 1. The van der Waals surface area contributed by atoms with Crippen LogP contribution < -0.4 is 5.32 Å². The van der Waals surface area contributed by atoms with Gasteiger partial charge in [-0.25, -0.2) is 0 Å². The molecule has 2 rings (SSSR count). The second-order valence-corrected chi connectivity index (χ2v) is 6.22. The third-order valence-corrected chi connectivity index (χ3v) is 4.08. The smallest absolute Gasteiger partial charge is 0.281 e. The molecule has 1 aromatic heterocycles. The predicted molar refractivity (Wildman–Crippen MR) is 83.9 cm³/mol. The molecule has 1 N–H and O–H groups in total. The normalized spacial score (nSPS) is 11.0. The molecule has 0 aliphatic heterocycles. The third kappa shape index (κ3) is 3.96. The number of aromatic nitrogens is 2. The molecule has 112 valence electrons. The van der Waals surface area contributed by atoms with E-state index in [0.29, 0.717) is 21.6 Å². The van der Waals surface area contributed by atoms with Crippen molar-refractivity contribution in [2.24, 2.45) is 0 Å². The summed E-state index contributed by atoms with van der Waals surface area (Å²) in [5, 5.41) is 24.1. The highest BCUT2D eigenvalue weighted by molar-refractivity contribution is 7.14. The van der Waals surface area contributed by atoms with Gasteiger partial charge in [0.15, 0.2) is 5.01 Å². The lowest BCUT2D eigenvalue weighted by atomic mass is 10.2. The van der Waals surface area contributed by atoms with Crippen molar-refractivity contribution in [3.8, 4) is 10.6 Å². The van der Waals surface area contributed by atoms with Crippen molar-refractivity contribution >= 4 is 28.6 Å². The average molecular weight is 327 g/mol. The summed E-state index contributed by atoms with van der Waals surface area (Å²) >= 11 is 7.42. The molecular weight excluding hydrogens is 312 g/mol. The number of benzene rings is 1. The zero-order valence-electron chi connectivity index (χ0n) is 11.7. The summed E-state index contributed by atoms with van der Waals surface area (Å²) < 4.78 is 0. The lowest BCUT2D eigenvalue weighted by molar-refractivity contribution is -0.384. The lowest BCUT2D eigenvalue weighted by Gasteiger charge is -2.05. The third-order valence-electron chi connectivity index (χ3n) is 2.76. The van der Waals surface area contributed by atoms with Crippen LogP contribution in [-0.4, -0.2) is 27.7 Å². The Morgan fingerprint density at radius 2 is 2.19 bits per heavy atom. The quantitative estimate of drug-likeness (QED) is 0.650. The van der Waals surface area contributed by atoms with Gasteiger partial charge in [-0.3, -0.25) is 10.1 Å². The molecule has 0 spiro atoms. The number of halogens is 1. The first-order chi connectivity index (χ1) is 9.99. The Kier molecular flexibility index (Phi) is 5.22. The molecule has 0 atom stereocenters. The van der Waals surface area contributed by atoms with Crippen LogP contribution in [0, 0.1) is 10.1 Å². The van der Waals surface area contributed by atoms with Crippen LogP contribution in [0.25, 0.3) is 10.6 Å². The van der Waals surface area contributed by atoms with Gasteiger partial charge in [0.1, 0.15) is 10.6 Å². The Bertz CT molecular complexity index is 645. The Hall–Kier alpha value is -1.57. The van der Waals surface area contributed by atoms with Crippen LogP contribution >= 0.6 is 22.9 Å². The Labute approximate surface area is 131 Å². The molecule has 21 heavy (non-hydrogen) atoms. The van der Waals surface area contributed by atoms with Crippen LogP contribution in [0.2, 0.25) is 5.02 Å². The minimum absolute atomic E-state index is 0.0505. The fraction of sp³-hybridized carbons (Fsp3) is 0.385. The number of nitrogens with zero attached hydrogens (tertiary/aromatic N) is 3. The summed E-state index contributed by atoms with van der Waals surface area (Å²) in [5.74, 6) is 0. The van der Waals surface area contributed by atoms with E-state index in [1.54, 1.807) is 12.1 Å². The maximum atomic E-state index is 11.1. The Morgan fingerprint density at radius 3 is 2.86 bits per heavy atom. The molecule has 1 aromatic carbocycles. The molecule has 0 saturated heterocycles. The van der Waals surface area contributed by atoms with Crippen molar-refractivity contribution in [3.05, 3.63) is 38.3 Å². The molecule has 0 aliphatic rings. The Balaban J connectivity index is 2.24. The van der Waals surface area contributed by atoms with Crippen LogP contribution in [0.1, 0.15) is 18.9 Å². The average Bonchev–Trinajstić information content (AvgIpc) is 2.86. The lowest BCUT2D eigenvalue weighted by Crippen LogP contribution is -2.24.